The average molecular weight is 249 g/mol. The third kappa shape index (κ3) is 3.54. The Labute approximate surface area is 104 Å². The minimum atomic E-state index is 0.703. The summed E-state index contributed by atoms with van der Waals surface area (Å²) >= 11 is 1.46. The number of aromatic amines is 1. The number of aromatic nitrogens is 4. The van der Waals surface area contributed by atoms with E-state index in [1.54, 1.807) is 0 Å². The van der Waals surface area contributed by atoms with Crippen LogP contribution in [0.1, 0.15) is 18.3 Å². The van der Waals surface area contributed by atoms with Crippen molar-refractivity contribution in [2.45, 2.75) is 30.6 Å². The van der Waals surface area contributed by atoms with E-state index < -0.39 is 0 Å². The number of nitrogens with one attached hydrogen (secondary N) is 2. The fourth-order valence-electron chi connectivity index (χ4n) is 1.31. The molecule has 2 aromatic rings. The topological polar surface area (TPSA) is 66.5 Å². The molecule has 0 radical (unpaired) electrons. The average Bonchev–Trinajstić information content (AvgIpc) is 2.74. The maximum absolute atomic E-state index is 4.37. The predicted molar refractivity (Wildman–Crippen MR) is 66.9 cm³/mol. The van der Waals surface area contributed by atoms with E-state index in [9.17, 15) is 0 Å². The van der Waals surface area contributed by atoms with Crippen molar-refractivity contribution < 1.29 is 0 Å². The summed E-state index contributed by atoms with van der Waals surface area (Å²) in [5, 5.41) is 11.7. The lowest BCUT2D eigenvalue weighted by Gasteiger charge is -2.02. The second-order valence-corrected chi connectivity index (χ2v) is 4.58. The zero-order valence-corrected chi connectivity index (χ0v) is 10.7. The van der Waals surface area contributed by atoms with Gasteiger partial charge in [-0.25, -0.2) is 9.97 Å². The van der Waals surface area contributed by atoms with Gasteiger partial charge < -0.3 is 5.32 Å². The molecular weight excluding hydrogens is 234 g/mol. The molecule has 2 heterocycles. The zero-order chi connectivity index (χ0) is 12.1. The fraction of sp³-hybridized carbons (Fsp3) is 0.364. The highest BCUT2D eigenvalue weighted by atomic mass is 32.2. The second-order valence-electron chi connectivity index (χ2n) is 3.59. The summed E-state index contributed by atoms with van der Waals surface area (Å²) in [7, 11) is 0. The molecule has 0 amide bonds. The van der Waals surface area contributed by atoms with E-state index in [0.29, 0.717) is 5.16 Å². The minimum Gasteiger partial charge on any atom is -0.313 e. The Balaban J connectivity index is 1.98. The number of nitrogens with zero attached hydrogens (tertiary/aromatic N) is 3. The molecule has 17 heavy (non-hydrogen) atoms. The van der Waals surface area contributed by atoms with Crippen LogP contribution in [-0.4, -0.2) is 26.7 Å². The molecule has 0 aliphatic carbocycles. The summed E-state index contributed by atoms with van der Waals surface area (Å²) in [5.74, 6) is 0.816. The highest BCUT2D eigenvalue weighted by Crippen LogP contribution is 2.21. The molecule has 0 spiro atoms. The smallest absolute Gasteiger partial charge is 0.214 e. The molecule has 0 aromatic carbocycles. The minimum absolute atomic E-state index is 0.703. The highest BCUT2D eigenvalue weighted by molar-refractivity contribution is 7.99. The molecule has 0 bridgehead atoms. The Morgan fingerprint density at radius 2 is 2.29 bits per heavy atom. The molecule has 2 N–H and O–H groups in total. The molecule has 5 nitrogen and oxygen atoms in total. The first-order chi connectivity index (χ1) is 8.28. The SMILES string of the molecule is CCNCc1ccc(Sc2n[nH]c(C)n2)nc1. The summed E-state index contributed by atoms with van der Waals surface area (Å²) in [5.41, 5.74) is 1.18. The molecule has 0 aliphatic rings. The first-order valence-electron chi connectivity index (χ1n) is 5.50. The van der Waals surface area contributed by atoms with Gasteiger partial charge in [0.2, 0.25) is 5.16 Å². The van der Waals surface area contributed by atoms with Gasteiger partial charge in [0.1, 0.15) is 10.9 Å². The molecule has 0 saturated heterocycles. The van der Waals surface area contributed by atoms with Gasteiger partial charge in [0.25, 0.3) is 0 Å². The lowest BCUT2D eigenvalue weighted by Crippen LogP contribution is -2.11. The number of rotatable bonds is 5. The molecule has 2 rings (SSSR count). The maximum Gasteiger partial charge on any atom is 0.214 e. The Bertz CT molecular complexity index is 465. The van der Waals surface area contributed by atoms with Gasteiger partial charge in [0.05, 0.1) is 0 Å². The summed E-state index contributed by atoms with van der Waals surface area (Å²) < 4.78 is 0. The van der Waals surface area contributed by atoms with Crippen LogP contribution < -0.4 is 5.32 Å². The van der Waals surface area contributed by atoms with Gasteiger partial charge in [-0.15, -0.1) is 5.10 Å². The first-order valence-corrected chi connectivity index (χ1v) is 6.32. The van der Waals surface area contributed by atoms with E-state index in [-0.39, 0.29) is 0 Å². The van der Waals surface area contributed by atoms with E-state index in [4.69, 9.17) is 0 Å². The first kappa shape index (κ1) is 12.1. The Hall–Kier alpha value is -1.40. The van der Waals surface area contributed by atoms with Gasteiger partial charge in [-0.2, -0.15) is 0 Å². The molecule has 0 atom stereocenters. The van der Waals surface area contributed by atoms with Crippen LogP contribution in [0.2, 0.25) is 0 Å². The van der Waals surface area contributed by atoms with Gasteiger partial charge in [-0.05, 0) is 36.9 Å². The van der Waals surface area contributed by atoms with Crippen LogP contribution in [0, 0.1) is 6.92 Å². The molecule has 0 aliphatic heterocycles. The molecule has 0 saturated carbocycles. The Morgan fingerprint density at radius 3 is 2.88 bits per heavy atom. The van der Waals surface area contributed by atoms with Crippen molar-refractivity contribution in [2.24, 2.45) is 0 Å². The number of H-pyrrole nitrogens is 1. The van der Waals surface area contributed by atoms with Crippen molar-refractivity contribution in [1.29, 1.82) is 0 Å². The van der Waals surface area contributed by atoms with Crippen LogP contribution >= 0.6 is 11.8 Å². The quantitative estimate of drug-likeness (QED) is 0.845. The summed E-state index contributed by atoms with van der Waals surface area (Å²) in [6.45, 7) is 5.79. The third-order valence-corrected chi connectivity index (χ3v) is 2.97. The van der Waals surface area contributed by atoms with E-state index in [0.717, 1.165) is 23.9 Å². The van der Waals surface area contributed by atoms with E-state index in [1.807, 2.05) is 19.2 Å². The second kappa shape index (κ2) is 5.79. The van der Waals surface area contributed by atoms with Gasteiger partial charge >= 0.3 is 0 Å². The molecule has 2 aromatic heterocycles. The molecule has 0 fully saturated rings. The zero-order valence-electron chi connectivity index (χ0n) is 9.90. The van der Waals surface area contributed by atoms with Crippen LogP contribution in [0.25, 0.3) is 0 Å². The number of pyridine rings is 1. The third-order valence-electron chi connectivity index (χ3n) is 2.15. The molecular formula is C11H15N5S. The number of aryl methyl sites for hydroxylation is 1. The normalized spacial score (nSPS) is 10.7. The predicted octanol–water partition coefficient (Wildman–Crippen LogP) is 1.77. The van der Waals surface area contributed by atoms with Gasteiger partial charge in [0, 0.05) is 12.7 Å². The van der Waals surface area contributed by atoms with E-state index >= 15 is 0 Å². The van der Waals surface area contributed by atoms with E-state index in [2.05, 4.69) is 38.5 Å². The lowest BCUT2D eigenvalue weighted by molar-refractivity contribution is 0.723. The standard InChI is InChI=1S/C11H15N5S/c1-3-12-6-9-4-5-10(13-7-9)17-11-14-8(2)15-16-11/h4-5,7,12H,3,6H2,1-2H3,(H,14,15,16). The maximum atomic E-state index is 4.37. The van der Waals surface area contributed by atoms with Crippen LogP contribution in [0.5, 0.6) is 0 Å². The number of hydrogen-bond donors (Lipinski definition) is 2. The van der Waals surface area contributed by atoms with Crippen molar-refractivity contribution in [1.82, 2.24) is 25.5 Å². The Kier molecular flexibility index (Phi) is 4.11. The van der Waals surface area contributed by atoms with E-state index in [1.165, 1.54) is 17.3 Å². The van der Waals surface area contributed by atoms with Gasteiger partial charge in [-0.1, -0.05) is 13.0 Å². The van der Waals surface area contributed by atoms with Crippen molar-refractivity contribution in [3.8, 4) is 0 Å². The fourth-order valence-corrected chi connectivity index (χ4v) is 2.01. The number of hydrogen-bond acceptors (Lipinski definition) is 5. The van der Waals surface area contributed by atoms with Gasteiger partial charge in [-0.3, -0.25) is 5.10 Å². The Morgan fingerprint density at radius 1 is 1.41 bits per heavy atom. The van der Waals surface area contributed by atoms with Crippen molar-refractivity contribution in [3.05, 3.63) is 29.7 Å². The summed E-state index contributed by atoms with van der Waals surface area (Å²) in [4.78, 5) is 8.59. The monoisotopic (exact) mass is 249 g/mol. The van der Waals surface area contributed by atoms with Crippen LogP contribution in [0.4, 0.5) is 0 Å². The molecule has 90 valence electrons. The van der Waals surface area contributed by atoms with Crippen molar-refractivity contribution in [2.75, 3.05) is 6.54 Å². The molecule has 0 unspecified atom stereocenters. The molecule has 6 heteroatoms. The van der Waals surface area contributed by atoms with Crippen LogP contribution in [-0.2, 0) is 6.54 Å². The summed E-state index contributed by atoms with van der Waals surface area (Å²) in [6.07, 6.45) is 1.88. The van der Waals surface area contributed by atoms with Crippen molar-refractivity contribution in [3.63, 3.8) is 0 Å². The van der Waals surface area contributed by atoms with Gasteiger partial charge in [0.15, 0.2) is 0 Å². The van der Waals surface area contributed by atoms with Crippen LogP contribution in [0.15, 0.2) is 28.5 Å². The highest BCUT2D eigenvalue weighted by Gasteiger charge is 2.03. The largest absolute Gasteiger partial charge is 0.313 e. The lowest BCUT2D eigenvalue weighted by atomic mass is 10.3. The van der Waals surface area contributed by atoms with Crippen molar-refractivity contribution >= 4 is 11.8 Å². The summed E-state index contributed by atoms with van der Waals surface area (Å²) in [6, 6.07) is 4.06. The van der Waals surface area contributed by atoms with Crippen LogP contribution in [0.3, 0.4) is 0 Å².